The van der Waals surface area contributed by atoms with Crippen molar-refractivity contribution in [3.05, 3.63) is 12.2 Å². The van der Waals surface area contributed by atoms with Crippen molar-refractivity contribution in [3.63, 3.8) is 0 Å². The maximum absolute atomic E-state index is 8.02. The number of rotatable bonds is 2. The normalized spacial score (nSPS) is 10.2. The Kier molecular flexibility index (Phi) is 3.91. The van der Waals surface area contributed by atoms with Gasteiger partial charge in [-0.05, 0) is 14.1 Å². The van der Waals surface area contributed by atoms with E-state index in [1.165, 1.54) is 6.08 Å². The Balaban J connectivity index is 3.19. The first kappa shape index (κ1) is 7.19. The lowest BCUT2D eigenvalue weighted by Gasteiger charge is -2.01. The van der Waals surface area contributed by atoms with Crippen LogP contribution in [-0.2, 0) is 0 Å². The summed E-state index contributed by atoms with van der Waals surface area (Å²) in [4.78, 5) is 1.99. The number of likely N-dealkylation sites (N-methyl/N-ethyl adjacent to an activating group) is 1. The first-order valence-electron chi connectivity index (χ1n) is 2.46. The molecule has 0 aromatic heterocycles. The van der Waals surface area contributed by atoms with Crippen molar-refractivity contribution in [3.8, 4) is 6.07 Å². The van der Waals surface area contributed by atoms with Gasteiger partial charge in [0, 0.05) is 12.6 Å². The minimum Gasteiger partial charge on any atom is -0.306 e. The highest BCUT2D eigenvalue weighted by atomic mass is 15.0. The molecule has 0 rings (SSSR count). The van der Waals surface area contributed by atoms with E-state index >= 15 is 0 Å². The van der Waals surface area contributed by atoms with Crippen LogP contribution in [-0.4, -0.2) is 25.5 Å². The van der Waals surface area contributed by atoms with Crippen LogP contribution in [0.1, 0.15) is 0 Å². The predicted octanol–water partition coefficient (Wildman–Crippen LogP) is 0.628. The summed E-state index contributed by atoms with van der Waals surface area (Å²) in [6, 6.07) is 1.92. The van der Waals surface area contributed by atoms with Gasteiger partial charge in [-0.3, -0.25) is 0 Å². The lowest BCUT2D eigenvalue weighted by atomic mass is 10.5. The average Bonchev–Trinajstić information content (AvgIpc) is 1.66. The summed E-state index contributed by atoms with van der Waals surface area (Å²) in [5.41, 5.74) is 0. The SMILES string of the molecule is CN(C)C/C=C/C#N. The summed E-state index contributed by atoms with van der Waals surface area (Å²) in [7, 11) is 3.92. The minimum atomic E-state index is 0.841. The molecule has 0 bridgehead atoms. The zero-order valence-corrected chi connectivity index (χ0v) is 5.26. The summed E-state index contributed by atoms with van der Waals surface area (Å²) in [5, 5.41) is 8.02. The third kappa shape index (κ3) is 5.19. The molecular weight excluding hydrogens is 100 g/mol. The van der Waals surface area contributed by atoms with E-state index in [2.05, 4.69) is 0 Å². The van der Waals surface area contributed by atoms with E-state index in [0.717, 1.165) is 6.54 Å². The first-order valence-corrected chi connectivity index (χ1v) is 2.46. The Bertz CT molecular complexity index is 108. The second-order valence-electron chi connectivity index (χ2n) is 1.79. The van der Waals surface area contributed by atoms with Gasteiger partial charge < -0.3 is 4.90 Å². The van der Waals surface area contributed by atoms with E-state index in [0.29, 0.717) is 0 Å². The molecule has 8 heavy (non-hydrogen) atoms. The molecule has 0 radical (unpaired) electrons. The van der Waals surface area contributed by atoms with E-state index in [1.54, 1.807) is 0 Å². The third-order valence-electron chi connectivity index (χ3n) is 0.663. The largest absolute Gasteiger partial charge is 0.306 e. The zero-order chi connectivity index (χ0) is 6.41. The van der Waals surface area contributed by atoms with Gasteiger partial charge in [-0.1, -0.05) is 6.08 Å². The summed E-state index contributed by atoms with van der Waals surface area (Å²) < 4.78 is 0. The Morgan fingerprint density at radius 2 is 2.25 bits per heavy atom. The molecule has 2 heteroatoms. The van der Waals surface area contributed by atoms with Crippen LogP contribution in [0.3, 0.4) is 0 Å². The average molecular weight is 110 g/mol. The maximum atomic E-state index is 8.02. The van der Waals surface area contributed by atoms with Crippen LogP contribution in [0.25, 0.3) is 0 Å². The number of hydrogen-bond donors (Lipinski definition) is 0. The first-order chi connectivity index (χ1) is 3.77. The van der Waals surface area contributed by atoms with Gasteiger partial charge in [0.25, 0.3) is 0 Å². The Hall–Kier alpha value is -0.810. The molecule has 0 aliphatic heterocycles. The highest BCUT2D eigenvalue weighted by molar-refractivity contribution is 5.02. The number of allylic oxidation sites excluding steroid dienone is 1. The van der Waals surface area contributed by atoms with Crippen molar-refractivity contribution in [1.29, 1.82) is 5.26 Å². The van der Waals surface area contributed by atoms with Crippen LogP contribution in [0.2, 0.25) is 0 Å². The highest BCUT2D eigenvalue weighted by Gasteiger charge is 1.78. The van der Waals surface area contributed by atoms with Gasteiger partial charge in [-0.2, -0.15) is 5.26 Å². The molecule has 0 heterocycles. The summed E-state index contributed by atoms with van der Waals surface area (Å²) in [6.07, 6.45) is 3.31. The van der Waals surface area contributed by atoms with Crippen molar-refractivity contribution in [2.75, 3.05) is 20.6 Å². The molecule has 0 atom stereocenters. The molecule has 0 spiro atoms. The van der Waals surface area contributed by atoms with Crippen molar-refractivity contribution in [1.82, 2.24) is 4.90 Å². The van der Waals surface area contributed by atoms with Crippen LogP contribution in [0, 0.1) is 11.3 Å². The molecule has 2 nitrogen and oxygen atoms in total. The quantitative estimate of drug-likeness (QED) is 0.487. The fourth-order valence-electron chi connectivity index (χ4n) is 0.316. The molecule has 0 saturated heterocycles. The lowest BCUT2D eigenvalue weighted by molar-refractivity contribution is 0.456. The molecule has 0 aliphatic carbocycles. The zero-order valence-electron chi connectivity index (χ0n) is 5.26. The number of nitriles is 1. The van der Waals surface area contributed by atoms with Gasteiger partial charge in [0.2, 0.25) is 0 Å². The molecule has 44 valence electrons. The monoisotopic (exact) mass is 110 g/mol. The van der Waals surface area contributed by atoms with Crippen molar-refractivity contribution in [2.24, 2.45) is 0 Å². The summed E-state index contributed by atoms with van der Waals surface area (Å²) in [5.74, 6) is 0. The van der Waals surface area contributed by atoms with Crippen LogP contribution in [0.15, 0.2) is 12.2 Å². The Labute approximate surface area is 50.0 Å². The van der Waals surface area contributed by atoms with Crippen LogP contribution >= 0.6 is 0 Å². The van der Waals surface area contributed by atoms with Gasteiger partial charge >= 0.3 is 0 Å². The van der Waals surface area contributed by atoms with Gasteiger partial charge in [0.1, 0.15) is 0 Å². The standard InChI is InChI=1S/C6H10N2/c1-8(2)6-4-3-5-7/h3-4H,6H2,1-2H3/b4-3+. The number of hydrogen-bond acceptors (Lipinski definition) is 2. The molecule has 0 unspecified atom stereocenters. The van der Waals surface area contributed by atoms with E-state index in [1.807, 2.05) is 31.1 Å². The van der Waals surface area contributed by atoms with Gasteiger partial charge in [-0.25, -0.2) is 0 Å². The van der Waals surface area contributed by atoms with Gasteiger partial charge in [-0.15, -0.1) is 0 Å². The molecule has 0 fully saturated rings. The van der Waals surface area contributed by atoms with Crippen LogP contribution in [0.4, 0.5) is 0 Å². The van der Waals surface area contributed by atoms with Crippen LogP contribution in [0.5, 0.6) is 0 Å². The third-order valence-corrected chi connectivity index (χ3v) is 0.663. The van der Waals surface area contributed by atoms with Crippen LogP contribution < -0.4 is 0 Å². The topological polar surface area (TPSA) is 27.0 Å². The maximum Gasteiger partial charge on any atom is 0.0909 e. The highest BCUT2D eigenvalue weighted by Crippen LogP contribution is 1.74. The molecule has 0 saturated carbocycles. The van der Waals surface area contributed by atoms with Gasteiger partial charge in [0.15, 0.2) is 0 Å². The van der Waals surface area contributed by atoms with Crippen molar-refractivity contribution in [2.45, 2.75) is 0 Å². The molecule has 0 aliphatic rings. The molecular formula is C6H10N2. The Morgan fingerprint density at radius 3 is 2.62 bits per heavy atom. The van der Waals surface area contributed by atoms with Gasteiger partial charge in [0.05, 0.1) is 6.07 Å². The fourth-order valence-corrected chi connectivity index (χ4v) is 0.316. The summed E-state index contributed by atoms with van der Waals surface area (Å²) in [6.45, 7) is 0.841. The predicted molar refractivity (Wildman–Crippen MR) is 33.3 cm³/mol. The van der Waals surface area contributed by atoms with Crippen molar-refractivity contribution >= 4 is 0 Å². The summed E-state index contributed by atoms with van der Waals surface area (Å²) >= 11 is 0. The smallest absolute Gasteiger partial charge is 0.0909 e. The minimum absolute atomic E-state index is 0.841. The Morgan fingerprint density at radius 1 is 1.62 bits per heavy atom. The molecule has 0 aromatic carbocycles. The molecule has 0 N–H and O–H groups in total. The van der Waals surface area contributed by atoms with Crippen molar-refractivity contribution < 1.29 is 0 Å². The fraction of sp³-hybridized carbons (Fsp3) is 0.500. The number of nitrogens with zero attached hydrogens (tertiary/aromatic N) is 2. The van der Waals surface area contributed by atoms with E-state index in [-0.39, 0.29) is 0 Å². The molecule has 0 aromatic rings. The second kappa shape index (κ2) is 4.35. The second-order valence-corrected chi connectivity index (χ2v) is 1.79. The lowest BCUT2D eigenvalue weighted by Crippen LogP contribution is -2.10. The van der Waals surface area contributed by atoms with E-state index in [9.17, 15) is 0 Å². The van der Waals surface area contributed by atoms with E-state index < -0.39 is 0 Å². The molecule has 0 amide bonds. The van der Waals surface area contributed by atoms with E-state index in [4.69, 9.17) is 5.26 Å².